The van der Waals surface area contributed by atoms with E-state index < -0.39 is 0 Å². The van der Waals surface area contributed by atoms with Gasteiger partial charge in [-0.15, -0.1) is 0 Å². The number of benzene rings is 1. The highest BCUT2D eigenvalue weighted by molar-refractivity contribution is 5.93. The smallest absolute Gasteiger partial charge is 0.210 e. The molecule has 5 nitrogen and oxygen atoms in total. The Bertz CT molecular complexity index is 407. The molecule has 0 saturated carbocycles. The monoisotopic (exact) mass is 278 g/mol. The number of nitrogens with zero attached hydrogens (tertiary/aromatic N) is 1. The van der Waals surface area contributed by atoms with Gasteiger partial charge < -0.3 is 10.1 Å². The average molecular weight is 278 g/mol. The molecule has 1 aromatic rings. The van der Waals surface area contributed by atoms with Crippen LogP contribution in [-0.2, 0) is 11.2 Å². The van der Waals surface area contributed by atoms with Gasteiger partial charge in [-0.25, -0.2) is 5.84 Å². The van der Waals surface area contributed by atoms with Gasteiger partial charge in [-0.1, -0.05) is 31.5 Å². The first-order chi connectivity index (χ1) is 9.81. The Morgan fingerprint density at radius 3 is 2.80 bits per heavy atom. The molecule has 20 heavy (non-hydrogen) atoms. The molecule has 0 spiro atoms. The van der Waals surface area contributed by atoms with E-state index in [9.17, 15) is 0 Å². The molecule has 0 bridgehead atoms. The van der Waals surface area contributed by atoms with E-state index in [2.05, 4.69) is 28.7 Å². The third kappa shape index (κ3) is 6.04. The van der Waals surface area contributed by atoms with Crippen molar-refractivity contribution in [3.05, 3.63) is 29.8 Å². The van der Waals surface area contributed by atoms with Gasteiger partial charge in [0.2, 0.25) is 5.96 Å². The summed E-state index contributed by atoms with van der Waals surface area (Å²) in [6.07, 6.45) is 3.03. The van der Waals surface area contributed by atoms with Crippen LogP contribution in [0.2, 0.25) is 0 Å². The van der Waals surface area contributed by atoms with Gasteiger partial charge in [0, 0.05) is 25.4 Å². The molecular weight excluding hydrogens is 252 g/mol. The van der Waals surface area contributed by atoms with Gasteiger partial charge in [0.25, 0.3) is 0 Å². The van der Waals surface area contributed by atoms with Crippen LogP contribution < -0.4 is 16.6 Å². The number of aryl methyl sites for hydroxylation is 1. The number of guanidine groups is 1. The molecule has 0 amide bonds. The molecule has 0 fully saturated rings. The molecule has 112 valence electrons. The normalized spacial score (nSPS) is 11.4. The summed E-state index contributed by atoms with van der Waals surface area (Å²) in [5, 5.41) is 3.25. The predicted molar refractivity (Wildman–Crippen MR) is 84.8 cm³/mol. The predicted octanol–water partition coefficient (Wildman–Crippen LogP) is 2.30. The fraction of sp³-hybridized carbons (Fsp3) is 0.533. The molecule has 1 aromatic carbocycles. The quantitative estimate of drug-likeness (QED) is 0.224. The van der Waals surface area contributed by atoms with Gasteiger partial charge in [0.05, 0.1) is 0 Å². The highest BCUT2D eigenvalue weighted by Gasteiger charge is 2.03. The third-order valence-electron chi connectivity index (χ3n) is 2.85. The van der Waals surface area contributed by atoms with E-state index in [1.165, 1.54) is 5.56 Å². The number of aliphatic imine (C=N–C) groups is 1. The van der Waals surface area contributed by atoms with Crippen molar-refractivity contribution < 1.29 is 4.74 Å². The molecule has 0 aliphatic carbocycles. The lowest BCUT2D eigenvalue weighted by Gasteiger charge is -2.13. The third-order valence-corrected chi connectivity index (χ3v) is 2.85. The van der Waals surface area contributed by atoms with Gasteiger partial charge in [0.1, 0.15) is 0 Å². The molecule has 0 saturated heterocycles. The summed E-state index contributed by atoms with van der Waals surface area (Å²) in [6.45, 7) is 6.31. The lowest BCUT2D eigenvalue weighted by molar-refractivity contribution is 0.146. The number of hydrogen-bond donors (Lipinski definition) is 3. The van der Waals surface area contributed by atoms with Crippen molar-refractivity contribution in [2.45, 2.75) is 33.1 Å². The largest absolute Gasteiger partial charge is 0.382 e. The van der Waals surface area contributed by atoms with Gasteiger partial charge in [-0.3, -0.25) is 10.4 Å². The second-order valence-electron chi connectivity index (χ2n) is 4.46. The SMILES string of the molecule is CCCc1ccccc1NC(=NCCCOCC)NN. The lowest BCUT2D eigenvalue weighted by atomic mass is 10.1. The molecule has 0 radical (unpaired) electrons. The van der Waals surface area contributed by atoms with Crippen LogP contribution in [0.1, 0.15) is 32.3 Å². The molecule has 5 heteroatoms. The van der Waals surface area contributed by atoms with E-state index in [1.807, 2.05) is 25.1 Å². The molecule has 0 aromatic heterocycles. The Balaban J connectivity index is 2.56. The maximum absolute atomic E-state index is 5.51. The van der Waals surface area contributed by atoms with Gasteiger partial charge >= 0.3 is 0 Å². The zero-order valence-electron chi connectivity index (χ0n) is 12.5. The number of anilines is 1. The Hall–Kier alpha value is -1.59. The summed E-state index contributed by atoms with van der Waals surface area (Å²) in [4.78, 5) is 4.40. The number of rotatable bonds is 8. The van der Waals surface area contributed by atoms with E-state index in [1.54, 1.807) is 0 Å². The Kier molecular flexibility index (Phi) is 8.42. The topological polar surface area (TPSA) is 71.7 Å². The second-order valence-corrected chi connectivity index (χ2v) is 4.46. The minimum absolute atomic E-state index is 0.588. The van der Waals surface area contributed by atoms with Crippen LogP contribution in [-0.4, -0.2) is 25.7 Å². The molecule has 0 aliphatic rings. The van der Waals surface area contributed by atoms with E-state index in [-0.39, 0.29) is 0 Å². The second kappa shape index (κ2) is 10.2. The van der Waals surface area contributed by atoms with E-state index in [0.29, 0.717) is 12.5 Å². The number of nitrogens with one attached hydrogen (secondary N) is 2. The number of ether oxygens (including phenoxy) is 1. The standard InChI is InChI=1S/C15H26N4O/c1-3-8-13-9-5-6-10-14(13)18-15(19-16)17-11-7-12-20-4-2/h5-6,9-10H,3-4,7-8,11-12,16H2,1-2H3,(H2,17,18,19). The van der Waals surface area contributed by atoms with Crippen molar-refractivity contribution in [1.82, 2.24) is 5.43 Å². The maximum Gasteiger partial charge on any atom is 0.210 e. The first-order valence-corrected chi connectivity index (χ1v) is 7.25. The fourth-order valence-electron chi connectivity index (χ4n) is 1.88. The average Bonchev–Trinajstić information content (AvgIpc) is 2.48. The Labute approximate surface area is 121 Å². The van der Waals surface area contributed by atoms with Crippen molar-refractivity contribution >= 4 is 11.6 Å². The van der Waals surface area contributed by atoms with E-state index >= 15 is 0 Å². The van der Waals surface area contributed by atoms with Crippen LogP contribution in [0.25, 0.3) is 0 Å². The van der Waals surface area contributed by atoms with E-state index in [0.717, 1.165) is 38.2 Å². The summed E-state index contributed by atoms with van der Waals surface area (Å²) in [7, 11) is 0. The van der Waals surface area contributed by atoms with Gasteiger partial charge in [0.15, 0.2) is 0 Å². The number of hydrazine groups is 1. The van der Waals surface area contributed by atoms with Crippen molar-refractivity contribution in [2.24, 2.45) is 10.8 Å². The van der Waals surface area contributed by atoms with Crippen molar-refractivity contribution in [3.63, 3.8) is 0 Å². The summed E-state index contributed by atoms with van der Waals surface area (Å²) in [6, 6.07) is 8.21. The van der Waals surface area contributed by atoms with Gasteiger partial charge in [-0.2, -0.15) is 0 Å². The van der Waals surface area contributed by atoms with Crippen LogP contribution in [0.3, 0.4) is 0 Å². The number of hydrogen-bond acceptors (Lipinski definition) is 3. The fourth-order valence-corrected chi connectivity index (χ4v) is 1.88. The first-order valence-electron chi connectivity index (χ1n) is 7.25. The maximum atomic E-state index is 5.51. The van der Waals surface area contributed by atoms with Crippen LogP contribution in [0.5, 0.6) is 0 Å². The van der Waals surface area contributed by atoms with E-state index in [4.69, 9.17) is 10.6 Å². The number of nitrogens with two attached hydrogens (primary N) is 1. The molecule has 0 aliphatic heterocycles. The summed E-state index contributed by atoms with van der Waals surface area (Å²) in [5.41, 5.74) is 4.93. The molecule has 4 N–H and O–H groups in total. The minimum atomic E-state index is 0.588. The number of para-hydroxylation sites is 1. The molecular formula is C15H26N4O. The Morgan fingerprint density at radius 1 is 1.30 bits per heavy atom. The highest BCUT2D eigenvalue weighted by Crippen LogP contribution is 2.16. The minimum Gasteiger partial charge on any atom is -0.382 e. The van der Waals surface area contributed by atoms with Crippen LogP contribution >= 0.6 is 0 Å². The first kappa shape index (κ1) is 16.5. The summed E-state index contributed by atoms with van der Waals surface area (Å²) < 4.78 is 5.28. The van der Waals surface area contributed by atoms with Crippen molar-refractivity contribution in [3.8, 4) is 0 Å². The Morgan fingerprint density at radius 2 is 2.10 bits per heavy atom. The van der Waals surface area contributed by atoms with Crippen LogP contribution in [0, 0.1) is 0 Å². The van der Waals surface area contributed by atoms with Crippen LogP contribution in [0.4, 0.5) is 5.69 Å². The molecule has 0 atom stereocenters. The molecule has 0 heterocycles. The van der Waals surface area contributed by atoms with Crippen LogP contribution in [0.15, 0.2) is 29.3 Å². The molecule has 1 rings (SSSR count). The van der Waals surface area contributed by atoms with Gasteiger partial charge in [-0.05, 0) is 31.4 Å². The summed E-state index contributed by atoms with van der Waals surface area (Å²) >= 11 is 0. The van der Waals surface area contributed by atoms with Crippen molar-refractivity contribution in [1.29, 1.82) is 0 Å². The zero-order chi connectivity index (χ0) is 14.6. The zero-order valence-corrected chi connectivity index (χ0v) is 12.5. The lowest BCUT2D eigenvalue weighted by Crippen LogP contribution is -2.36. The molecule has 0 unspecified atom stereocenters. The highest BCUT2D eigenvalue weighted by atomic mass is 16.5. The van der Waals surface area contributed by atoms with Crippen molar-refractivity contribution in [2.75, 3.05) is 25.1 Å². The summed E-state index contributed by atoms with van der Waals surface area (Å²) in [5.74, 6) is 6.10.